The number of unbranched alkanes of at least 4 members (excludes halogenated alkanes) is 1. The van der Waals surface area contributed by atoms with E-state index in [2.05, 4.69) is 17.6 Å². The van der Waals surface area contributed by atoms with Crippen LogP contribution in [0.25, 0.3) is 0 Å². The Kier molecular flexibility index (Phi) is 9.28. The first-order valence-corrected chi connectivity index (χ1v) is 13.6. The Hall–Kier alpha value is -2.91. The first-order valence-electron chi connectivity index (χ1n) is 12.1. The van der Waals surface area contributed by atoms with E-state index in [0.717, 1.165) is 24.2 Å². The standard InChI is InChI=1S/C26H35N3O5S/c1-4-5-18-34-23-10-8-22(9-11-23)28-25(30)20(3)27-26(31)21-14-16-29(17-15-21)35(32,33)24-12-6-19(2)7-13-24/h6-13,20-21H,4-5,14-18H2,1-3H3,(H,27,31)(H,28,30)/t20-/m1/s1. The van der Waals surface area contributed by atoms with E-state index in [-0.39, 0.29) is 35.7 Å². The molecule has 35 heavy (non-hydrogen) atoms. The van der Waals surface area contributed by atoms with Gasteiger partial charge in [-0.05, 0) is 69.5 Å². The number of ether oxygens (including phenoxy) is 1. The first-order chi connectivity index (χ1) is 16.7. The smallest absolute Gasteiger partial charge is 0.246 e. The van der Waals surface area contributed by atoms with Crippen molar-refractivity contribution in [2.45, 2.75) is 57.4 Å². The van der Waals surface area contributed by atoms with Gasteiger partial charge in [0.1, 0.15) is 11.8 Å². The summed E-state index contributed by atoms with van der Waals surface area (Å²) >= 11 is 0. The van der Waals surface area contributed by atoms with Crippen molar-refractivity contribution < 1.29 is 22.7 Å². The lowest BCUT2D eigenvalue weighted by Crippen LogP contribution is -2.47. The van der Waals surface area contributed by atoms with Gasteiger partial charge < -0.3 is 15.4 Å². The molecule has 2 N–H and O–H groups in total. The molecule has 1 fully saturated rings. The number of piperidine rings is 1. The zero-order valence-electron chi connectivity index (χ0n) is 20.6. The molecule has 0 unspecified atom stereocenters. The van der Waals surface area contributed by atoms with Crippen molar-refractivity contribution in [1.82, 2.24) is 9.62 Å². The third-order valence-corrected chi connectivity index (χ3v) is 8.04. The Bertz CT molecular complexity index is 1090. The highest BCUT2D eigenvalue weighted by Gasteiger charge is 2.32. The van der Waals surface area contributed by atoms with Gasteiger partial charge in [-0.2, -0.15) is 4.31 Å². The third-order valence-electron chi connectivity index (χ3n) is 6.12. The van der Waals surface area contributed by atoms with Crippen molar-refractivity contribution in [3.8, 4) is 5.75 Å². The SMILES string of the molecule is CCCCOc1ccc(NC(=O)[C@@H](C)NC(=O)C2CCN(S(=O)(=O)c3ccc(C)cc3)CC2)cc1. The van der Waals surface area contributed by atoms with Crippen molar-refractivity contribution in [3.05, 3.63) is 54.1 Å². The number of carbonyl (C=O) groups excluding carboxylic acids is 2. The third kappa shape index (κ3) is 7.29. The molecule has 2 aromatic rings. The molecule has 0 aliphatic carbocycles. The van der Waals surface area contributed by atoms with Crippen molar-refractivity contribution in [1.29, 1.82) is 0 Å². The van der Waals surface area contributed by atoms with Crippen LogP contribution in [0.3, 0.4) is 0 Å². The second-order valence-corrected chi connectivity index (χ2v) is 10.9. The Morgan fingerprint density at radius 2 is 1.69 bits per heavy atom. The Balaban J connectivity index is 1.46. The first kappa shape index (κ1) is 26.7. The number of nitrogens with one attached hydrogen (secondary N) is 2. The zero-order valence-corrected chi connectivity index (χ0v) is 21.4. The molecule has 3 rings (SSSR count). The lowest BCUT2D eigenvalue weighted by atomic mass is 9.97. The molecule has 0 aromatic heterocycles. The van der Waals surface area contributed by atoms with Crippen LogP contribution in [0.1, 0.15) is 45.1 Å². The van der Waals surface area contributed by atoms with Crippen molar-refractivity contribution >= 4 is 27.5 Å². The van der Waals surface area contributed by atoms with Gasteiger partial charge in [0.05, 0.1) is 11.5 Å². The largest absolute Gasteiger partial charge is 0.494 e. The van der Waals surface area contributed by atoms with Crippen LogP contribution < -0.4 is 15.4 Å². The molecule has 9 heteroatoms. The average Bonchev–Trinajstić information content (AvgIpc) is 2.85. The summed E-state index contributed by atoms with van der Waals surface area (Å²) in [5.41, 5.74) is 1.61. The minimum Gasteiger partial charge on any atom is -0.494 e. The summed E-state index contributed by atoms with van der Waals surface area (Å²) in [5, 5.41) is 5.56. The molecule has 0 spiro atoms. The number of hydrogen-bond acceptors (Lipinski definition) is 5. The van der Waals surface area contributed by atoms with Crippen LogP contribution in [0.4, 0.5) is 5.69 Å². The summed E-state index contributed by atoms with van der Waals surface area (Å²) < 4.78 is 32.8. The van der Waals surface area contributed by atoms with Gasteiger partial charge in [0, 0.05) is 24.7 Å². The van der Waals surface area contributed by atoms with Gasteiger partial charge >= 0.3 is 0 Å². The van der Waals surface area contributed by atoms with Crippen LogP contribution in [0.5, 0.6) is 5.75 Å². The maximum atomic E-state index is 12.9. The summed E-state index contributed by atoms with van der Waals surface area (Å²) in [5.74, 6) is -0.153. The zero-order chi connectivity index (χ0) is 25.4. The lowest BCUT2D eigenvalue weighted by Gasteiger charge is -2.31. The normalized spacial score (nSPS) is 15.9. The van der Waals surface area contributed by atoms with E-state index in [1.165, 1.54) is 4.31 Å². The fourth-order valence-electron chi connectivity index (χ4n) is 3.83. The number of amides is 2. The van der Waals surface area contributed by atoms with Crippen LogP contribution in [0.2, 0.25) is 0 Å². The van der Waals surface area contributed by atoms with Gasteiger partial charge in [0.25, 0.3) is 0 Å². The molecular formula is C26H35N3O5S. The highest BCUT2D eigenvalue weighted by molar-refractivity contribution is 7.89. The molecule has 2 amide bonds. The average molecular weight is 502 g/mol. The molecule has 0 saturated carbocycles. The maximum Gasteiger partial charge on any atom is 0.246 e. The summed E-state index contributed by atoms with van der Waals surface area (Å²) in [6, 6.07) is 13.2. The van der Waals surface area contributed by atoms with E-state index in [1.807, 2.05) is 6.92 Å². The van der Waals surface area contributed by atoms with Gasteiger partial charge in [0.2, 0.25) is 21.8 Å². The Labute approximate surface area is 208 Å². The van der Waals surface area contributed by atoms with E-state index < -0.39 is 16.1 Å². The second-order valence-electron chi connectivity index (χ2n) is 8.94. The van der Waals surface area contributed by atoms with Gasteiger partial charge in [-0.1, -0.05) is 31.0 Å². The molecule has 1 saturated heterocycles. The van der Waals surface area contributed by atoms with E-state index in [1.54, 1.807) is 55.5 Å². The van der Waals surface area contributed by atoms with E-state index in [4.69, 9.17) is 4.74 Å². The number of nitrogens with zero attached hydrogens (tertiary/aromatic N) is 1. The van der Waals surface area contributed by atoms with Crippen molar-refractivity contribution in [2.24, 2.45) is 5.92 Å². The summed E-state index contributed by atoms with van der Waals surface area (Å²) in [6.45, 7) is 6.82. The van der Waals surface area contributed by atoms with Gasteiger partial charge in [-0.15, -0.1) is 0 Å². The number of sulfonamides is 1. The number of benzene rings is 2. The van der Waals surface area contributed by atoms with Crippen LogP contribution in [0.15, 0.2) is 53.4 Å². The van der Waals surface area contributed by atoms with Crippen LogP contribution in [0, 0.1) is 12.8 Å². The topological polar surface area (TPSA) is 105 Å². The van der Waals surface area contributed by atoms with Crippen LogP contribution >= 0.6 is 0 Å². The molecule has 1 aliphatic heterocycles. The quantitative estimate of drug-likeness (QED) is 0.483. The van der Waals surface area contributed by atoms with Gasteiger partial charge in [0.15, 0.2) is 0 Å². The molecule has 1 heterocycles. The molecule has 0 bridgehead atoms. The minimum atomic E-state index is -3.58. The molecule has 1 aliphatic rings. The highest BCUT2D eigenvalue weighted by Crippen LogP contribution is 2.24. The van der Waals surface area contributed by atoms with E-state index in [0.29, 0.717) is 25.1 Å². The summed E-state index contributed by atoms with van der Waals surface area (Å²) in [7, 11) is -3.58. The van der Waals surface area contributed by atoms with Gasteiger partial charge in [-0.25, -0.2) is 8.42 Å². The minimum absolute atomic E-state index is 0.236. The molecule has 1 atom stereocenters. The molecule has 2 aromatic carbocycles. The van der Waals surface area contributed by atoms with Crippen molar-refractivity contribution in [2.75, 3.05) is 25.0 Å². The predicted molar refractivity (Wildman–Crippen MR) is 136 cm³/mol. The highest BCUT2D eigenvalue weighted by atomic mass is 32.2. The number of carbonyl (C=O) groups is 2. The summed E-state index contributed by atoms with van der Waals surface area (Å²) in [4.78, 5) is 25.5. The fraction of sp³-hybridized carbons (Fsp3) is 0.462. The van der Waals surface area contributed by atoms with Crippen LogP contribution in [-0.4, -0.2) is 50.3 Å². The Morgan fingerprint density at radius 3 is 2.29 bits per heavy atom. The maximum absolute atomic E-state index is 12.9. The lowest BCUT2D eigenvalue weighted by molar-refractivity contribution is -0.129. The van der Waals surface area contributed by atoms with E-state index >= 15 is 0 Å². The second kappa shape index (κ2) is 12.2. The van der Waals surface area contributed by atoms with Gasteiger partial charge in [-0.3, -0.25) is 9.59 Å². The molecule has 0 radical (unpaired) electrons. The Morgan fingerprint density at radius 1 is 1.06 bits per heavy atom. The van der Waals surface area contributed by atoms with Crippen molar-refractivity contribution in [3.63, 3.8) is 0 Å². The molecular weight excluding hydrogens is 466 g/mol. The fourth-order valence-corrected chi connectivity index (χ4v) is 5.30. The number of hydrogen-bond donors (Lipinski definition) is 2. The summed E-state index contributed by atoms with van der Waals surface area (Å²) in [6.07, 6.45) is 2.86. The monoisotopic (exact) mass is 501 g/mol. The predicted octanol–water partition coefficient (Wildman–Crippen LogP) is 3.72. The number of anilines is 1. The van der Waals surface area contributed by atoms with Crippen LogP contribution in [-0.2, 0) is 19.6 Å². The van der Waals surface area contributed by atoms with E-state index in [9.17, 15) is 18.0 Å². The number of rotatable bonds is 10. The molecule has 8 nitrogen and oxygen atoms in total. The number of aryl methyl sites for hydroxylation is 1. The molecule has 190 valence electrons.